The first-order valence-corrected chi connectivity index (χ1v) is 6.10. The second-order valence-electron chi connectivity index (χ2n) is 4.29. The molecule has 0 aliphatic rings. The van der Waals surface area contributed by atoms with Crippen LogP contribution < -0.4 is 11.4 Å². The molecular weight excluding hydrogens is 315 g/mol. The largest absolute Gasteiger partial charge is 0.352 e. The first-order valence-electron chi connectivity index (χ1n) is 7.10. The minimum Gasteiger partial charge on any atom is -0.257 e. The van der Waals surface area contributed by atoms with Crippen molar-refractivity contribution in [1.29, 1.82) is 0 Å². The van der Waals surface area contributed by atoms with E-state index in [9.17, 15) is 22.8 Å². The fourth-order valence-electron chi connectivity index (χ4n) is 1.78. The summed E-state index contributed by atoms with van der Waals surface area (Å²) in [6, 6.07) is 1.85. The van der Waals surface area contributed by atoms with E-state index in [0.717, 1.165) is 4.68 Å². The predicted octanol–water partition coefficient (Wildman–Crippen LogP) is 0.583. The van der Waals surface area contributed by atoms with Gasteiger partial charge in [0.25, 0.3) is 0 Å². The standard InChI is InChI=1S/C13H8F3N5O2/c14-8-5-10(16)9(15)4-7(8)6-20-12(21-3-1-2-17-21)18-11(22)19-13(20)23/h1-5H,6H2,(H,19,22,23)/i6D2. The molecule has 0 bridgehead atoms. The number of aromatic nitrogens is 5. The van der Waals surface area contributed by atoms with Crippen molar-refractivity contribution in [3.8, 4) is 5.95 Å². The van der Waals surface area contributed by atoms with Gasteiger partial charge in [-0.05, 0) is 12.1 Å². The molecule has 0 saturated carbocycles. The van der Waals surface area contributed by atoms with Crippen LogP contribution in [0.25, 0.3) is 5.95 Å². The van der Waals surface area contributed by atoms with Gasteiger partial charge in [-0.25, -0.2) is 27.4 Å². The SMILES string of the molecule is [2H]C([2H])(c1cc(F)c(F)cc1F)n1c(-n2cccn2)nc(=O)[nH]c1=O. The summed E-state index contributed by atoms with van der Waals surface area (Å²) in [5.41, 5.74) is -3.33. The molecule has 0 spiro atoms. The van der Waals surface area contributed by atoms with Gasteiger partial charge in [0, 0.05) is 24.0 Å². The Morgan fingerprint density at radius 2 is 1.91 bits per heavy atom. The van der Waals surface area contributed by atoms with Gasteiger partial charge in [0.1, 0.15) is 5.82 Å². The molecule has 2 aromatic heterocycles. The van der Waals surface area contributed by atoms with Gasteiger partial charge in [-0.3, -0.25) is 9.55 Å². The van der Waals surface area contributed by atoms with Gasteiger partial charge in [0.15, 0.2) is 11.6 Å². The Morgan fingerprint density at radius 3 is 2.61 bits per heavy atom. The molecule has 0 fully saturated rings. The number of H-pyrrole nitrogens is 1. The number of halogens is 3. The van der Waals surface area contributed by atoms with Gasteiger partial charge in [-0.1, -0.05) is 0 Å². The molecule has 1 aromatic carbocycles. The number of nitrogens with one attached hydrogen (secondary N) is 1. The molecule has 1 N–H and O–H groups in total. The number of rotatable bonds is 3. The number of hydrogen-bond acceptors (Lipinski definition) is 4. The van der Waals surface area contributed by atoms with Crippen LogP contribution in [0.4, 0.5) is 13.2 Å². The van der Waals surface area contributed by atoms with Crippen LogP contribution in [0.3, 0.4) is 0 Å². The fraction of sp³-hybridized carbons (Fsp3) is 0.0769. The maximum Gasteiger partial charge on any atom is 0.352 e. The van der Waals surface area contributed by atoms with E-state index in [1.165, 1.54) is 18.5 Å². The lowest BCUT2D eigenvalue weighted by Crippen LogP contribution is -2.35. The highest BCUT2D eigenvalue weighted by atomic mass is 19.2. The molecule has 0 saturated heterocycles. The monoisotopic (exact) mass is 325 g/mol. The molecule has 3 rings (SSSR count). The fourth-order valence-corrected chi connectivity index (χ4v) is 1.78. The van der Waals surface area contributed by atoms with Crippen molar-refractivity contribution in [3.05, 3.63) is 74.6 Å². The molecule has 3 aromatic rings. The van der Waals surface area contributed by atoms with E-state index in [1.807, 2.05) is 0 Å². The summed E-state index contributed by atoms with van der Waals surface area (Å²) >= 11 is 0. The lowest BCUT2D eigenvalue weighted by Gasteiger charge is -2.11. The van der Waals surface area contributed by atoms with Crippen LogP contribution in [-0.2, 0) is 6.50 Å². The van der Waals surface area contributed by atoms with Crippen LogP contribution in [0, 0.1) is 17.5 Å². The lowest BCUT2D eigenvalue weighted by atomic mass is 10.2. The van der Waals surface area contributed by atoms with Crippen LogP contribution in [0.1, 0.15) is 8.30 Å². The summed E-state index contributed by atoms with van der Waals surface area (Å²) in [5, 5.41) is 3.74. The van der Waals surface area contributed by atoms with Crippen LogP contribution in [0.2, 0.25) is 0 Å². The van der Waals surface area contributed by atoms with Crippen LogP contribution in [-0.4, -0.2) is 24.3 Å². The predicted molar refractivity (Wildman–Crippen MR) is 71.7 cm³/mol. The van der Waals surface area contributed by atoms with E-state index in [-0.39, 0.29) is 16.7 Å². The first kappa shape index (κ1) is 12.4. The maximum atomic E-state index is 14.0. The Labute approximate surface area is 128 Å². The lowest BCUT2D eigenvalue weighted by molar-refractivity contribution is 0.486. The molecule has 0 atom stereocenters. The highest BCUT2D eigenvalue weighted by Crippen LogP contribution is 2.15. The molecule has 10 heteroatoms. The van der Waals surface area contributed by atoms with Crippen molar-refractivity contribution in [1.82, 2.24) is 24.3 Å². The quantitative estimate of drug-likeness (QED) is 0.714. The number of hydrogen-bond donors (Lipinski definition) is 1. The van der Waals surface area contributed by atoms with Gasteiger partial charge in [-0.15, -0.1) is 0 Å². The van der Waals surface area contributed by atoms with Crippen LogP contribution >= 0.6 is 0 Å². The van der Waals surface area contributed by atoms with Gasteiger partial charge in [0.2, 0.25) is 5.95 Å². The Balaban J connectivity index is 2.34. The topological polar surface area (TPSA) is 85.6 Å². The summed E-state index contributed by atoms with van der Waals surface area (Å²) < 4.78 is 57.9. The third-order valence-electron chi connectivity index (χ3n) is 2.77. The van der Waals surface area contributed by atoms with E-state index in [1.54, 1.807) is 4.98 Å². The molecule has 0 amide bonds. The smallest absolute Gasteiger partial charge is 0.257 e. The summed E-state index contributed by atoms with van der Waals surface area (Å²) in [6.07, 6.45) is 2.53. The second kappa shape index (κ2) is 5.55. The van der Waals surface area contributed by atoms with Crippen LogP contribution in [0.5, 0.6) is 0 Å². The molecule has 0 radical (unpaired) electrons. The number of aromatic amines is 1. The zero-order valence-electron chi connectivity index (χ0n) is 13.1. The average molecular weight is 325 g/mol. The normalized spacial score (nSPS) is 12.8. The summed E-state index contributed by atoms with van der Waals surface area (Å²) in [5.74, 6) is -5.02. The van der Waals surface area contributed by atoms with Crippen molar-refractivity contribution in [2.45, 2.75) is 6.50 Å². The van der Waals surface area contributed by atoms with Gasteiger partial charge < -0.3 is 0 Å². The summed E-state index contributed by atoms with van der Waals surface area (Å²) in [4.78, 5) is 28.8. The zero-order valence-corrected chi connectivity index (χ0v) is 11.1. The van der Waals surface area contributed by atoms with E-state index < -0.39 is 46.8 Å². The zero-order chi connectivity index (χ0) is 18.4. The van der Waals surface area contributed by atoms with E-state index >= 15 is 0 Å². The molecule has 23 heavy (non-hydrogen) atoms. The molecular formula is C13H8F3N5O2. The highest BCUT2D eigenvalue weighted by molar-refractivity contribution is 5.22. The summed E-state index contributed by atoms with van der Waals surface area (Å²) in [7, 11) is 0. The summed E-state index contributed by atoms with van der Waals surface area (Å²) in [6.45, 7) is -3.02. The van der Waals surface area contributed by atoms with Crippen molar-refractivity contribution in [3.63, 3.8) is 0 Å². The van der Waals surface area contributed by atoms with Gasteiger partial charge >= 0.3 is 11.4 Å². The van der Waals surface area contributed by atoms with Crippen LogP contribution in [0.15, 0.2) is 40.2 Å². The van der Waals surface area contributed by atoms with Crippen molar-refractivity contribution < 1.29 is 15.9 Å². The first-order chi connectivity index (χ1) is 11.7. The Kier molecular flexibility index (Phi) is 2.99. The van der Waals surface area contributed by atoms with E-state index in [4.69, 9.17) is 2.74 Å². The van der Waals surface area contributed by atoms with E-state index in [2.05, 4.69) is 10.1 Å². The maximum absolute atomic E-state index is 14.0. The molecule has 0 aliphatic heterocycles. The second-order valence-corrected chi connectivity index (χ2v) is 4.29. The third kappa shape index (κ3) is 2.78. The number of benzene rings is 1. The molecule has 118 valence electrons. The van der Waals surface area contributed by atoms with Gasteiger partial charge in [-0.2, -0.15) is 10.1 Å². The molecule has 0 aliphatic carbocycles. The minimum absolute atomic E-state index is 0.153. The highest BCUT2D eigenvalue weighted by Gasteiger charge is 2.15. The minimum atomic E-state index is -3.02. The Morgan fingerprint density at radius 1 is 1.17 bits per heavy atom. The van der Waals surface area contributed by atoms with Crippen molar-refractivity contribution in [2.75, 3.05) is 0 Å². The van der Waals surface area contributed by atoms with E-state index in [0.29, 0.717) is 0 Å². The van der Waals surface area contributed by atoms with Gasteiger partial charge in [0.05, 0.1) is 9.24 Å². The molecule has 2 heterocycles. The third-order valence-corrected chi connectivity index (χ3v) is 2.77. The average Bonchev–Trinajstić information content (AvgIpc) is 3.03. The Bertz CT molecular complexity index is 1060. The number of nitrogens with zero attached hydrogens (tertiary/aromatic N) is 4. The molecule has 0 unspecified atom stereocenters. The van der Waals surface area contributed by atoms with Crippen molar-refractivity contribution >= 4 is 0 Å². The Hall–Kier alpha value is -3.17. The molecule has 7 nitrogen and oxygen atoms in total. The van der Waals surface area contributed by atoms with Crippen molar-refractivity contribution in [2.24, 2.45) is 0 Å².